The molecule has 3 nitrogen and oxygen atoms in total. The van der Waals surface area contributed by atoms with Crippen molar-refractivity contribution in [2.45, 2.75) is 30.7 Å². The number of ketones is 1. The zero-order chi connectivity index (χ0) is 21.1. The molecule has 0 aliphatic heterocycles. The molecule has 0 saturated heterocycles. The van der Waals surface area contributed by atoms with E-state index in [9.17, 15) is 10.1 Å². The summed E-state index contributed by atoms with van der Waals surface area (Å²) in [5.41, 5.74) is 5.23. The van der Waals surface area contributed by atoms with Gasteiger partial charge in [-0.3, -0.25) is 4.79 Å². The van der Waals surface area contributed by atoms with Crippen LogP contribution in [0.3, 0.4) is 0 Å². The smallest absolute Gasteiger partial charge is 0.174 e. The van der Waals surface area contributed by atoms with Crippen LogP contribution in [0.1, 0.15) is 39.9 Å². The van der Waals surface area contributed by atoms with E-state index in [1.54, 1.807) is 18.2 Å². The summed E-state index contributed by atoms with van der Waals surface area (Å²) in [4.78, 5) is 17.6. The number of pyridine rings is 1. The molecule has 0 unspecified atom stereocenters. The van der Waals surface area contributed by atoms with Crippen LogP contribution in [0.15, 0.2) is 53.6 Å². The van der Waals surface area contributed by atoms with Crippen molar-refractivity contribution in [2.24, 2.45) is 0 Å². The number of nitrogens with zero attached hydrogens (tertiary/aromatic N) is 2. The highest BCUT2D eigenvalue weighted by Crippen LogP contribution is 2.37. The van der Waals surface area contributed by atoms with Crippen LogP contribution in [0.4, 0.5) is 0 Å². The Bertz CT molecular complexity index is 1160. The second kappa shape index (κ2) is 9.22. The van der Waals surface area contributed by atoms with Gasteiger partial charge in [0.15, 0.2) is 5.78 Å². The molecule has 0 atom stereocenters. The second-order valence-electron chi connectivity index (χ2n) is 7.12. The molecule has 4 rings (SSSR count). The minimum Gasteiger partial charge on any atom is -0.293 e. The molecule has 0 radical (unpaired) electrons. The second-order valence-corrected chi connectivity index (χ2v) is 8.93. The lowest BCUT2D eigenvalue weighted by molar-refractivity contribution is 0.102. The van der Waals surface area contributed by atoms with E-state index in [4.69, 9.17) is 28.2 Å². The molecule has 2 aromatic carbocycles. The standard InChI is InChI=1S/C24H18Cl2N2OS/c25-16-10-11-19(21(26)12-16)22(29)14-30-24-20(13-27)17-8-4-5-9-18(17)23(28-24)15-6-2-1-3-7-15/h1-3,6-7,10-12H,4-5,8-9,14H2. The van der Waals surface area contributed by atoms with Crippen LogP contribution in [0.25, 0.3) is 11.3 Å². The molecule has 1 heterocycles. The average molecular weight is 453 g/mol. The van der Waals surface area contributed by atoms with Gasteiger partial charge in [0.1, 0.15) is 11.1 Å². The topological polar surface area (TPSA) is 53.8 Å². The molecular weight excluding hydrogens is 435 g/mol. The zero-order valence-electron chi connectivity index (χ0n) is 16.1. The third-order valence-electron chi connectivity index (χ3n) is 5.21. The largest absolute Gasteiger partial charge is 0.293 e. The van der Waals surface area contributed by atoms with Gasteiger partial charge in [0, 0.05) is 16.1 Å². The van der Waals surface area contributed by atoms with Gasteiger partial charge in [-0.15, -0.1) is 0 Å². The fourth-order valence-electron chi connectivity index (χ4n) is 3.78. The number of benzene rings is 2. The van der Waals surface area contributed by atoms with Gasteiger partial charge in [0.05, 0.1) is 22.0 Å². The summed E-state index contributed by atoms with van der Waals surface area (Å²) < 4.78 is 0. The van der Waals surface area contributed by atoms with Gasteiger partial charge in [-0.1, -0.05) is 65.3 Å². The van der Waals surface area contributed by atoms with Crippen LogP contribution >= 0.6 is 35.0 Å². The maximum absolute atomic E-state index is 12.7. The lowest BCUT2D eigenvalue weighted by Crippen LogP contribution is -2.11. The third-order valence-corrected chi connectivity index (χ3v) is 6.74. The predicted molar refractivity (Wildman–Crippen MR) is 123 cm³/mol. The first-order valence-corrected chi connectivity index (χ1v) is 11.4. The van der Waals surface area contributed by atoms with Crippen LogP contribution in [-0.2, 0) is 12.8 Å². The molecule has 0 bridgehead atoms. The summed E-state index contributed by atoms with van der Waals surface area (Å²) in [7, 11) is 0. The van der Waals surface area contributed by atoms with E-state index in [-0.39, 0.29) is 11.5 Å². The number of hydrogen-bond acceptors (Lipinski definition) is 4. The van der Waals surface area contributed by atoms with Crippen molar-refractivity contribution < 1.29 is 4.79 Å². The van der Waals surface area contributed by atoms with E-state index < -0.39 is 0 Å². The molecule has 1 aliphatic carbocycles. The van der Waals surface area contributed by atoms with Crippen LogP contribution < -0.4 is 0 Å². The van der Waals surface area contributed by atoms with Crippen molar-refractivity contribution in [3.05, 3.63) is 80.8 Å². The van der Waals surface area contributed by atoms with Crippen molar-refractivity contribution in [1.82, 2.24) is 4.98 Å². The van der Waals surface area contributed by atoms with Crippen LogP contribution in [0, 0.1) is 11.3 Å². The Kier molecular flexibility index (Phi) is 6.43. The maximum Gasteiger partial charge on any atom is 0.174 e. The Labute approximate surface area is 190 Å². The van der Waals surface area contributed by atoms with E-state index in [1.165, 1.54) is 17.3 Å². The highest BCUT2D eigenvalue weighted by Gasteiger charge is 2.24. The van der Waals surface area contributed by atoms with Gasteiger partial charge in [-0.2, -0.15) is 5.26 Å². The first kappa shape index (κ1) is 20.9. The number of carbonyl (C=O) groups excluding carboxylic acids is 1. The van der Waals surface area contributed by atoms with Crippen LogP contribution in [0.2, 0.25) is 10.0 Å². The van der Waals surface area contributed by atoms with Gasteiger partial charge in [0.2, 0.25) is 0 Å². The summed E-state index contributed by atoms with van der Waals surface area (Å²) in [6.45, 7) is 0. The monoisotopic (exact) mass is 452 g/mol. The molecule has 1 aromatic heterocycles. The predicted octanol–water partition coefficient (Wildman–Crippen LogP) is 6.78. The SMILES string of the molecule is N#Cc1c(SCC(=O)c2ccc(Cl)cc2Cl)nc(-c2ccccc2)c2c1CCCC2. The highest BCUT2D eigenvalue weighted by molar-refractivity contribution is 8.00. The molecule has 150 valence electrons. The molecule has 3 aromatic rings. The third kappa shape index (κ3) is 4.25. The Hall–Kier alpha value is -2.32. The Balaban J connectivity index is 1.71. The molecule has 0 fully saturated rings. The number of nitriles is 1. The van der Waals surface area contributed by atoms with Crippen molar-refractivity contribution in [3.8, 4) is 17.3 Å². The van der Waals surface area contributed by atoms with Gasteiger partial charge < -0.3 is 0 Å². The molecule has 6 heteroatoms. The molecule has 30 heavy (non-hydrogen) atoms. The number of Topliss-reactive ketones (excluding diaryl/α,β-unsaturated/α-hetero) is 1. The zero-order valence-corrected chi connectivity index (χ0v) is 18.4. The highest BCUT2D eigenvalue weighted by atomic mass is 35.5. The summed E-state index contributed by atoms with van der Waals surface area (Å²) in [6, 6.07) is 17.2. The minimum absolute atomic E-state index is 0.119. The number of rotatable bonds is 5. The van der Waals surface area contributed by atoms with Crippen molar-refractivity contribution >= 4 is 40.7 Å². The van der Waals surface area contributed by atoms with E-state index in [1.807, 2.05) is 30.3 Å². The maximum atomic E-state index is 12.7. The van der Waals surface area contributed by atoms with E-state index in [0.29, 0.717) is 26.2 Å². The lowest BCUT2D eigenvalue weighted by Gasteiger charge is -2.22. The number of carbonyl (C=O) groups is 1. The van der Waals surface area contributed by atoms with Gasteiger partial charge >= 0.3 is 0 Å². The molecule has 0 spiro atoms. The first-order valence-electron chi connectivity index (χ1n) is 9.71. The lowest BCUT2D eigenvalue weighted by atomic mass is 9.86. The number of fused-ring (bicyclic) bond motifs is 1. The summed E-state index contributed by atoms with van der Waals surface area (Å²) in [5, 5.41) is 11.3. The Morgan fingerprint density at radius 3 is 2.50 bits per heavy atom. The van der Waals surface area contributed by atoms with Crippen molar-refractivity contribution in [3.63, 3.8) is 0 Å². The van der Waals surface area contributed by atoms with E-state index >= 15 is 0 Å². The van der Waals surface area contributed by atoms with Gasteiger partial charge in [-0.05, 0) is 55.0 Å². The molecule has 0 N–H and O–H groups in total. The molecule has 0 amide bonds. The first-order chi connectivity index (χ1) is 14.6. The van der Waals surface area contributed by atoms with Crippen molar-refractivity contribution in [2.75, 3.05) is 5.75 Å². The molecule has 0 saturated carbocycles. The minimum atomic E-state index is -0.119. The fraction of sp³-hybridized carbons (Fsp3) is 0.208. The average Bonchev–Trinajstić information content (AvgIpc) is 2.77. The summed E-state index contributed by atoms with van der Waals surface area (Å²) in [5.74, 6) is 0.0297. The van der Waals surface area contributed by atoms with E-state index in [2.05, 4.69) is 6.07 Å². The normalized spacial score (nSPS) is 12.8. The summed E-state index contributed by atoms with van der Waals surface area (Å²) in [6.07, 6.45) is 3.94. The van der Waals surface area contributed by atoms with Crippen LogP contribution in [-0.4, -0.2) is 16.5 Å². The summed E-state index contributed by atoms with van der Waals surface area (Å²) >= 11 is 13.4. The van der Waals surface area contributed by atoms with Crippen molar-refractivity contribution in [1.29, 1.82) is 5.26 Å². The Morgan fingerprint density at radius 1 is 1.07 bits per heavy atom. The number of hydrogen-bond donors (Lipinski definition) is 0. The van der Waals surface area contributed by atoms with Crippen LogP contribution in [0.5, 0.6) is 0 Å². The quantitative estimate of drug-likeness (QED) is 0.316. The van der Waals surface area contributed by atoms with Gasteiger partial charge in [0.25, 0.3) is 0 Å². The fourth-order valence-corrected chi connectivity index (χ4v) is 5.18. The number of halogens is 2. The Morgan fingerprint density at radius 2 is 1.80 bits per heavy atom. The molecular formula is C24H18Cl2N2OS. The van der Waals surface area contributed by atoms with E-state index in [0.717, 1.165) is 42.5 Å². The van der Waals surface area contributed by atoms with Gasteiger partial charge in [-0.25, -0.2) is 4.98 Å². The molecule has 1 aliphatic rings. The number of aromatic nitrogens is 1. The number of thioether (sulfide) groups is 1.